The predicted molar refractivity (Wildman–Crippen MR) is 64.8 cm³/mol. The monoisotopic (exact) mass is 200 g/mol. The van der Waals surface area contributed by atoms with Crippen molar-refractivity contribution >= 4 is 0 Å². The largest absolute Gasteiger partial charge is 0.314 e. The molecule has 0 radical (unpaired) electrons. The average Bonchev–Trinajstić information content (AvgIpc) is 2.25. The molecule has 0 atom stereocenters. The molecule has 2 heteroatoms. The number of nitrogens with zero attached hydrogens (tertiary/aromatic N) is 1. The lowest BCUT2D eigenvalue weighted by atomic mass is 9.84. The van der Waals surface area contributed by atoms with Crippen LogP contribution in [0.4, 0.5) is 0 Å². The van der Waals surface area contributed by atoms with E-state index in [1.165, 1.54) is 38.8 Å². The summed E-state index contributed by atoms with van der Waals surface area (Å²) in [4.78, 5) is 2.42. The van der Waals surface area contributed by atoms with Crippen LogP contribution >= 0.6 is 0 Å². The van der Waals surface area contributed by atoms with Crippen molar-refractivity contribution in [3.05, 3.63) is 0 Å². The summed E-state index contributed by atoms with van der Waals surface area (Å²) in [5.41, 5.74) is 0.460. The molecule has 1 heterocycles. The van der Waals surface area contributed by atoms with Gasteiger partial charge in [-0.25, -0.2) is 0 Å². The van der Waals surface area contributed by atoms with E-state index < -0.39 is 0 Å². The van der Waals surface area contributed by atoms with Crippen molar-refractivity contribution in [1.82, 2.24) is 10.2 Å². The van der Waals surface area contributed by atoms with Gasteiger partial charge in [-0.1, -0.05) is 27.2 Å². The van der Waals surface area contributed by atoms with Crippen molar-refractivity contribution < 1.29 is 0 Å². The summed E-state index contributed by atoms with van der Waals surface area (Å²) in [5.74, 6) is 0. The summed E-state index contributed by atoms with van der Waals surface area (Å²) in [7, 11) is 4.33. The van der Waals surface area contributed by atoms with E-state index in [9.17, 15) is 0 Å². The Balaban J connectivity index is 0.000000791. The first-order valence-electron chi connectivity index (χ1n) is 6.10. The summed E-state index contributed by atoms with van der Waals surface area (Å²) < 4.78 is 0. The minimum atomic E-state index is 0.460. The van der Waals surface area contributed by atoms with Gasteiger partial charge in [0.25, 0.3) is 0 Å². The fraction of sp³-hybridized carbons (Fsp3) is 1.00. The first-order valence-corrected chi connectivity index (χ1v) is 6.10. The van der Waals surface area contributed by atoms with E-state index in [-0.39, 0.29) is 0 Å². The van der Waals surface area contributed by atoms with Crippen LogP contribution in [0.5, 0.6) is 0 Å². The third-order valence-corrected chi connectivity index (χ3v) is 3.20. The van der Waals surface area contributed by atoms with Crippen LogP contribution in [0.2, 0.25) is 0 Å². The van der Waals surface area contributed by atoms with Crippen LogP contribution in [0.25, 0.3) is 0 Å². The third-order valence-electron chi connectivity index (χ3n) is 3.20. The number of piperidine rings is 1. The van der Waals surface area contributed by atoms with E-state index in [4.69, 9.17) is 0 Å². The number of rotatable bonds is 3. The first-order chi connectivity index (χ1) is 6.72. The molecule has 14 heavy (non-hydrogen) atoms. The van der Waals surface area contributed by atoms with Gasteiger partial charge < -0.3 is 10.2 Å². The number of nitrogens with one attached hydrogen (secondary N) is 1. The van der Waals surface area contributed by atoms with E-state index in [0.29, 0.717) is 5.54 Å². The standard InChI is InChI=1S/C10H22N2.C2H6/c1-4-5-10(11-2)6-8-12(3)9-7-10;1-2/h11H,4-9H2,1-3H3;1-2H3. The second kappa shape index (κ2) is 7.24. The van der Waals surface area contributed by atoms with Gasteiger partial charge in [-0.3, -0.25) is 0 Å². The Morgan fingerprint density at radius 3 is 2.07 bits per heavy atom. The van der Waals surface area contributed by atoms with Crippen LogP contribution < -0.4 is 5.32 Å². The predicted octanol–water partition coefficient (Wildman–Crippen LogP) is 2.50. The molecule has 0 amide bonds. The van der Waals surface area contributed by atoms with Crippen molar-refractivity contribution in [2.75, 3.05) is 27.2 Å². The fourth-order valence-electron chi connectivity index (χ4n) is 2.15. The molecule has 1 N–H and O–H groups in total. The Morgan fingerprint density at radius 1 is 1.21 bits per heavy atom. The van der Waals surface area contributed by atoms with Gasteiger partial charge in [0.2, 0.25) is 0 Å². The molecular weight excluding hydrogens is 172 g/mol. The van der Waals surface area contributed by atoms with Gasteiger partial charge in [0.1, 0.15) is 0 Å². The Hall–Kier alpha value is -0.0800. The Bertz CT molecular complexity index is 126. The molecule has 0 saturated carbocycles. The molecule has 0 spiro atoms. The molecular formula is C12H28N2. The van der Waals surface area contributed by atoms with E-state index >= 15 is 0 Å². The van der Waals surface area contributed by atoms with Gasteiger partial charge in [-0.2, -0.15) is 0 Å². The summed E-state index contributed by atoms with van der Waals surface area (Å²) in [6, 6.07) is 0. The molecule has 1 saturated heterocycles. The molecule has 0 unspecified atom stereocenters. The van der Waals surface area contributed by atoms with E-state index in [2.05, 4.69) is 31.2 Å². The highest BCUT2D eigenvalue weighted by Crippen LogP contribution is 2.25. The Labute approximate surface area is 90.1 Å². The topological polar surface area (TPSA) is 15.3 Å². The lowest BCUT2D eigenvalue weighted by Gasteiger charge is -2.40. The van der Waals surface area contributed by atoms with Gasteiger partial charge >= 0.3 is 0 Å². The van der Waals surface area contributed by atoms with Gasteiger partial charge in [0.15, 0.2) is 0 Å². The van der Waals surface area contributed by atoms with Crippen molar-refractivity contribution in [2.24, 2.45) is 0 Å². The van der Waals surface area contributed by atoms with Crippen LogP contribution in [0, 0.1) is 0 Å². The second-order valence-electron chi connectivity index (χ2n) is 4.08. The van der Waals surface area contributed by atoms with Crippen LogP contribution in [0.15, 0.2) is 0 Å². The van der Waals surface area contributed by atoms with Crippen LogP contribution in [0.3, 0.4) is 0 Å². The summed E-state index contributed by atoms with van der Waals surface area (Å²) in [6.45, 7) is 8.78. The minimum Gasteiger partial charge on any atom is -0.314 e. The maximum atomic E-state index is 3.51. The molecule has 1 rings (SSSR count). The van der Waals surface area contributed by atoms with E-state index in [0.717, 1.165) is 0 Å². The zero-order chi connectivity index (χ0) is 11.0. The molecule has 0 aromatic rings. The van der Waals surface area contributed by atoms with Crippen molar-refractivity contribution in [1.29, 1.82) is 0 Å². The van der Waals surface area contributed by atoms with Gasteiger partial charge in [0.05, 0.1) is 0 Å². The lowest BCUT2D eigenvalue weighted by Crippen LogP contribution is -2.51. The molecule has 2 nitrogen and oxygen atoms in total. The summed E-state index contributed by atoms with van der Waals surface area (Å²) in [6.07, 6.45) is 5.25. The third kappa shape index (κ3) is 3.97. The second-order valence-corrected chi connectivity index (χ2v) is 4.08. The Kier molecular flexibility index (Phi) is 7.20. The lowest BCUT2D eigenvalue weighted by molar-refractivity contribution is 0.155. The van der Waals surface area contributed by atoms with Crippen molar-refractivity contribution in [3.8, 4) is 0 Å². The highest BCUT2D eigenvalue weighted by Gasteiger charge is 2.30. The van der Waals surface area contributed by atoms with Crippen LogP contribution in [-0.2, 0) is 0 Å². The SMILES string of the molecule is CC.CCCC1(NC)CCN(C)CC1. The highest BCUT2D eigenvalue weighted by molar-refractivity contribution is 4.91. The van der Waals surface area contributed by atoms with E-state index in [1.54, 1.807) is 0 Å². The molecule has 0 aliphatic carbocycles. The van der Waals surface area contributed by atoms with Gasteiger partial charge in [0, 0.05) is 5.54 Å². The normalized spacial score (nSPS) is 21.2. The maximum absolute atomic E-state index is 3.51. The quantitative estimate of drug-likeness (QED) is 0.753. The highest BCUT2D eigenvalue weighted by atomic mass is 15.1. The van der Waals surface area contributed by atoms with Gasteiger partial charge in [-0.05, 0) is 46.4 Å². The number of hydrogen-bond donors (Lipinski definition) is 1. The molecule has 0 aromatic carbocycles. The Morgan fingerprint density at radius 2 is 1.71 bits per heavy atom. The zero-order valence-corrected chi connectivity index (χ0v) is 10.7. The van der Waals surface area contributed by atoms with Crippen molar-refractivity contribution in [3.63, 3.8) is 0 Å². The minimum absolute atomic E-state index is 0.460. The summed E-state index contributed by atoms with van der Waals surface area (Å²) >= 11 is 0. The first kappa shape index (κ1) is 13.9. The number of likely N-dealkylation sites (tertiary alicyclic amines) is 1. The average molecular weight is 200 g/mol. The van der Waals surface area contributed by atoms with Crippen LogP contribution in [-0.4, -0.2) is 37.6 Å². The van der Waals surface area contributed by atoms with E-state index in [1.807, 2.05) is 13.8 Å². The summed E-state index contributed by atoms with van der Waals surface area (Å²) in [5, 5.41) is 3.51. The zero-order valence-electron chi connectivity index (χ0n) is 10.7. The molecule has 86 valence electrons. The molecule has 1 fully saturated rings. The molecule has 0 bridgehead atoms. The number of hydrogen-bond acceptors (Lipinski definition) is 2. The fourth-order valence-corrected chi connectivity index (χ4v) is 2.15. The van der Waals surface area contributed by atoms with Crippen molar-refractivity contribution in [2.45, 2.75) is 52.0 Å². The van der Waals surface area contributed by atoms with Gasteiger partial charge in [-0.15, -0.1) is 0 Å². The molecule has 1 aliphatic rings. The molecule has 0 aromatic heterocycles. The maximum Gasteiger partial charge on any atom is 0.0202 e. The molecule has 1 aliphatic heterocycles. The van der Waals surface area contributed by atoms with Crippen LogP contribution in [0.1, 0.15) is 46.5 Å². The smallest absolute Gasteiger partial charge is 0.0202 e.